The zero-order valence-corrected chi connectivity index (χ0v) is 10.2. The Morgan fingerprint density at radius 2 is 1.62 bits per heavy atom. The standard InChI is InChI=1S/C10H14O5S/c1-13-7-4-9(14-2)8(6-16(11)12)10(5-7)15-3/h4-5H,6H2,1-3H3,(H,11,12). The molecule has 0 radical (unpaired) electrons. The van der Waals surface area contributed by atoms with Crippen LogP contribution in [0.3, 0.4) is 0 Å². The molecule has 0 aliphatic heterocycles. The van der Waals surface area contributed by atoms with Gasteiger partial charge in [-0.25, -0.2) is 4.21 Å². The van der Waals surface area contributed by atoms with E-state index in [0.29, 0.717) is 22.8 Å². The molecule has 0 aliphatic rings. The van der Waals surface area contributed by atoms with Crippen molar-refractivity contribution < 1.29 is 23.0 Å². The Labute approximate surface area is 96.6 Å². The summed E-state index contributed by atoms with van der Waals surface area (Å²) in [6.07, 6.45) is 0. The molecule has 1 atom stereocenters. The molecule has 16 heavy (non-hydrogen) atoms. The van der Waals surface area contributed by atoms with Crippen LogP contribution in [-0.2, 0) is 16.8 Å². The Balaban J connectivity index is 3.25. The Morgan fingerprint density at radius 3 is 1.94 bits per heavy atom. The van der Waals surface area contributed by atoms with Crippen LogP contribution in [0.2, 0.25) is 0 Å². The number of hydrogen-bond donors (Lipinski definition) is 1. The van der Waals surface area contributed by atoms with Gasteiger partial charge < -0.3 is 18.8 Å². The summed E-state index contributed by atoms with van der Waals surface area (Å²) in [7, 11) is 4.49. The highest BCUT2D eigenvalue weighted by molar-refractivity contribution is 7.78. The van der Waals surface area contributed by atoms with Crippen LogP contribution in [-0.4, -0.2) is 30.1 Å². The van der Waals surface area contributed by atoms with Crippen LogP contribution in [0.4, 0.5) is 0 Å². The summed E-state index contributed by atoms with van der Waals surface area (Å²) in [5.74, 6) is 1.47. The van der Waals surface area contributed by atoms with Crippen molar-refractivity contribution in [3.8, 4) is 17.2 Å². The van der Waals surface area contributed by atoms with Crippen LogP contribution in [0.25, 0.3) is 0 Å². The highest BCUT2D eigenvalue weighted by Crippen LogP contribution is 2.34. The molecule has 1 rings (SSSR count). The SMILES string of the molecule is COc1cc(OC)c(CS(=O)O)c(OC)c1. The van der Waals surface area contributed by atoms with E-state index >= 15 is 0 Å². The van der Waals surface area contributed by atoms with Crippen LogP contribution in [0.15, 0.2) is 12.1 Å². The number of hydrogen-bond acceptors (Lipinski definition) is 4. The molecule has 1 unspecified atom stereocenters. The second kappa shape index (κ2) is 5.72. The van der Waals surface area contributed by atoms with Gasteiger partial charge in [-0.15, -0.1) is 0 Å². The Hall–Kier alpha value is -1.27. The summed E-state index contributed by atoms with van der Waals surface area (Å²) in [4.78, 5) is 0. The molecule has 0 aromatic heterocycles. The molecule has 0 saturated heterocycles. The van der Waals surface area contributed by atoms with E-state index in [1.165, 1.54) is 21.3 Å². The summed E-state index contributed by atoms with van der Waals surface area (Å²) >= 11 is -1.95. The van der Waals surface area contributed by atoms with E-state index in [1.54, 1.807) is 12.1 Å². The molecule has 0 saturated carbocycles. The van der Waals surface area contributed by atoms with Crippen LogP contribution < -0.4 is 14.2 Å². The summed E-state index contributed by atoms with van der Waals surface area (Å²) in [6.45, 7) is 0. The molecule has 0 aliphatic carbocycles. The fraction of sp³-hybridized carbons (Fsp3) is 0.400. The van der Waals surface area contributed by atoms with Gasteiger partial charge in [0.1, 0.15) is 17.2 Å². The van der Waals surface area contributed by atoms with Gasteiger partial charge >= 0.3 is 0 Å². The van der Waals surface area contributed by atoms with Gasteiger partial charge in [-0.2, -0.15) is 0 Å². The van der Waals surface area contributed by atoms with Gasteiger partial charge in [-0.05, 0) is 0 Å². The third kappa shape index (κ3) is 2.86. The second-order valence-corrected chi connectivity index (χ2v) is 3.91. The minimum Gasteiger partial charge on any atom is -0.496 e. The molecule has 0 heterocycles. The summed E-state index contributed by atoms with van der Waals surface area (Å²) in [5, 5.41) is 0. The summed E-state index contributed by atoms with van der Waals surface area (Å²) in [5.41, 5.74) is 0.548. The quantitative estimate of drug-likeness (QED) is 0.796. The summed E-state index contributed by atoms with van der Waals surface area (Å²) in [6, 6.07) is 3.29. The first-order valence-electron chi connectivity index (χ1n) is 4.48. The van der Waals surface area contributed by atoms with Gasteiger partial charge in [0.15, 0.2) is 11.1 Å². The van der Waals surface area contributed by atoms with E-state index in [-0.39, 0.29) is 5.75 Å². The Morgan fingerprint density at radius 1 is 1.12 bits per heavy atom. The van der Waals surface area contributed by atoms with E-state index in [2.05, 4.69) is 0 Å². The van der Waals surface area contributed by atoms with Gasteiger partial charge in [0.2, 0.25) is 0 Å². The van der Waals surface area contributed by atoms with E-state index in [0.717, 1.165) is 0 Å². The second-order valence-electron chi connectivity index (χ2n) is 2.98. The van der Waals surface area contributed by atoms with Crippen molar-refractivity contribution in [1.82, 2.24) is 0 Å². The van der Waals surface area contributed by atoms with Gasteiger partial charge in [-0.1, -0.05) is 0 Å². The highest BCUT2D eigenvalue weighted by Gasteiger charge is 2.14. The minimum atomic E-state index is -1.95. The molecule has 0 amide bonds. The van der Waals surface area contributed by atoms with Gasteiger partial charge in [-0.3, -0.25) is 0 Å². The predicted octanol–water partition coefficient (Wildman–Crippen LogP) is 1.43. The van der Waals surface area contributed by atoms with E-state index in [4.69, 9.17) is 18.8 Å². The Bertz CT molecular complexity index is 366. The normalized spacial score (nSPS) is 12.0. The van der Waals surface area contributed by atoms with Crippen molar-refractivity contribution in [3.63, 3.8) is 0 Å². The van der Waals surface area contributed by atoms with E-state index < -0.39 is 11.1 Å². The first-order chi connectivity index (χ1) is 7.62. The topological polar surface area (TPSA) is 65.0 Å². The third-order valence-corrected chi connectivity index (χ3v) is 2.62. The van der Waals surface area contributed by atoms with E-state index in [9.17, 15) is 4.21 Å². The fourth-order valence-corrected chi connectivity index (χ4v) is 1.88. The molecule has 6 heteroatoms. The van der Waals surface area contributed by atoms with Gasteiger partial charge in [0.05, 0.1) is 32.6 Å². The molecule has 1 aromatic rings. The number of rotatable bonds is 5. The zero-order chi connectivity index (χ0) is 12.1. The monoisotopic (exact) mass is 246 g/mol. The number of benzene rings is 1. The molecule has 0 spiro atoms. The lowest BCUT2D eigenvalue weighted by atomic mass is 10.2. The van der Waals surface area contributed by atoms with Crippen LogP contribution in [0, 0.1) is 0 Å². The number of ether oxygens (including phenoxy) is 3. The highest BCUT2D eigenvalue weighted by atomic mass is 32.2. The van der Waals surface area contributed by atoms with Crippen molar-refractivity contribution in [2.45, 2.75) is 5.75 Å². The molecular weight excluding hydrogens is 232 g/mol. The molecule has 90 valence electrons. The lowest BCUT2D eigenvalue weighted by Crippen LogP contribution is -2.01. The lowest BCUT2D eigenvalue weighted by Gasteiger charge is -2.13. The first kappa shape index (κ1) is 12.8. The summed E-state index contributed by atoms with van der Waals surface area (Å²) < 4.78 is 35.0. The predicted molar refractivity (Wildman–Crippen MR) is 60.6 cm³/mol. The Kier molecular flexibility index (Phi) is 4.57. The molecule has 1 N–H and O–H groups in total. The molecule has 0 bridgehead atoms. The molecular formula is C10H14O5S. The molecule has 0 fully saturated rings. The van der Waals surface area contributed by atoms with Crippen molar-refractivity contribution in [2.75, 3.05) is 21.3 Å². The zero-order valence-electron chi connectivity index (χ0n) is 9.35. The van der Waals surface area contributed by atoms with E-state index in [1.807, 2.05) is 0 Å². The van der Waals surface area contributed by atoms with Crippen LogP contribution in [0.1, 0.15) is 5.56 Å². The average Bonchev–Trinajstić information content (AvgIpc) is 2.28. The molecule has 1 aromatic carbocycles. The van der Waals surface area contributed by atoms with Crippen LogP contribution in [0.5, 0.6) is 17.2 Å². The first-order valence-corrected chi connectivity index (χ1v) is 5.76. The van der Waals surface area contributed by atoms with Crippen molar-refractivity contribution in [1.29, 1.82) is 0 Å². The smallest absolute Gasteiger partial charge is 0.157 e. The largest absolute Gasteiger partial charge is 0.496 e. The maximum absolute atomic E-state index is 10.8. The number of methoxy groups -OCH3 is 3. The maximum atomic E-state index is 10.8. The third-order valence-electron chi connectivity index (χ3n) is 2.08. The maximum Gasteiger partial charge on any atom is 0.157 e. The van der Waals surface area contributed by atoms with Crippen molar-refractivity contribution in [3.05, 3.63) is 17.7 Å². The van der Waals surface area contributed by atoms with Gasteiger partial charge in [0, 0.05) is 12.1 Å². The lowest BCUT2D eigenvalue weighted by molar-refractivity contribution is 0.370. The van der Waals surface area contributed by atoms with Crippen LogP contribution >= 0.6 is 0 Å². The van der Waals surface area contributed by atoms with Gasteiger partial charge in [0.25, 0.3) is 0 Å². The van der Waals surface area contributed by atoms with Crippen molar-refractivity contribution >= 4 is 11.1 Å². The van der Waals surface area contributed by atoms with Crippen molar-refractivity contribution in [2.24, 2.45) is 0 Å². The average molecular weight is 246 g/mol. The fourth-order valence-electron chi connectivity index (χ4n) is 1.34. The minimum absolute atomic E-state index is 0.0453. The molecule has 5 nitrogen and oxygen atoms in total.